The van der Waals surface area contributed by atoms with Gasteiger partial charge in [0.1, 0.15) is 11.9 Å². The van der Waals surface area contributed by atoms with Gasteiger partial charge >= 0.3 is 0 Å². The first kappa shape index (κ1) is 31.1. The van der Waals surface area contributed by atoms with Crippen molar-refractivity contribution < 1.29 is 30.7 Å². The van der Waals surface area contributed by atoms with Crippen LogP contribution in [0.5, 0.6) is 11.6 Å². The van der Waals surface area contributed by atoms with Crippen LogP contribution in [0.3, 0.4) is 0 Å². The van der Waals surface area contributed by atoms with Gasteiger partial charge in [0, 0.05) is 37.0 Å². The molecule has 2 aromatic heterocycles. The third kappa shape index (κ3) is 7.25. The topological polar surface area (TPSA) is 109 Å². The van der Waals surface area contributed by atoms with E-state index in [1.54, 1.807) is 35.1 Å². The average Bonchev–Trinajstić information content (AvgIpc) is 2.98. The van der Waals surface area contributed by atoms with Crippen LogP contribution in [0, 0.1) is 17.5 Å². The summed E-state index contributed by atoms with van der Waals surface area (Å²) in [7, 11) is -0.582. The molecule has 0 amide bonds. The van der Waals surface area contributed by atoms with Gasteiger partial charge in [-0.15, -0.1) is 0 Å². The zero-order valence-corrected chi connectivity index (χ0v) is 24.7. The van der Waals surface area contributed by atoms with E-state index in [2.05, 4.69) is 20.3 Å². The molecule has 2 aromatic carbocycles. The van der Waals surface area contributed by atoms with Gasteiger partial charge in [-0.1, -0.05) is 30.3 Å². The van der Waals surface area contributed by atoms with Crippen molar-refractivity contribution in [1.82, 2.24) is 19.9 Å². The molecule has 3 atom stereocenters. The first-order valence-corrected chi connectivity index (χ1v) is 15.4. The number of aromatic nitrogens is 3. The summed E-state index contributed by atoms with van der Waals surface area (Å²) in [6.07, 6.45) is 3.45. The van der Waals surface area contributed by atoms with E-state index in [0.29, 0.717) is 30.2 Å². The van der Waals surface area contributed by atoms with Gasteiger partial charge in [0.2, 0.25) is 27.7 Å². The molecular formula is C30H30F4N6O3S. The summed E-state index contributed by atoms with van der Waals surface area (Å²) < 4.78 is 92.1. The maximum absolute atomic E-state index is 15.1. The van der Waals surface area contributed by atoms with E-state index in [4.69, 9.17) is 4.74 Å². The molecule has 0 saturated heterocycles. The van der Waals surface area contributed by atoms with Crippen molar-refractivity contribution >= 4 is 21.7 Å². The highest BCUT2D eigenvalue weighted by Gasteiger charge is 2.32. The summed E-state index contributed by atoms with van der Waals surface area (Å²) in [6, 6.07) is 12.8. The summed E-state index contributed by atoms with van der Waals surface area (Å²) in [6.45, 7) is 0. The molecule has 44 heavy (non-hydrogen) atoms. The largest absolute Gasteiger partial charge is 0.435 e. The van der Waals surface area contributed by atoms with Gasteiger partial charge in [-0.2, -0.15) is 4.39 Å². The van der Waals surface area contributed by atoms with Crippen LogP contribution in [-0.2, 0) is 15.8 Å². The van der Waals surface area contributed by atoms with Gasteiger partial charge in [0.25, 0.3) is 0 Å². The molecule has 0 aliphatic heterocycles. The summed E-state index contributed by atoms with van der Waals surface area (Å²) >= 11 is 0. The van der Waals surface area contributed by atoms with Crippen LogP contribution in [0.1, 0.15) is 24.8 Å². The highest BCUT2D eigenvalue weighted by atomic mass is 32.2. The van der Waals surface area contributed by atoms with E-state index >= 15 is 4.39 Å². The molecule has 1 aliphatic rings. The minimum absolute atomic E-state index is 0.158. The Kier molecular flexibility index (Phi) is 9.30. The molecular weight excluding hydrogens is 600 g/mol. The molecule has 3 unspecified atom stereocenters. The normalized spacial score (nSPS) is 18.7. The smallest absolute Gasteiger partial charge is 0.237 e. The second kappa shape index (κ2) is 13.1. The summed E-state index contributed by atoms with van der Waals surface area (Å²) in [5, 5.41) is 3.16. The summed E-state index contributed by atoms with van der Waals surface area (Å²) in [4.78, 5) is 14.6. The monoisotopic (exact) mass is 630 g/mol. The Bertz CT molecular complexity index is 1730. The molecule has 1 aliphatic carbocycles. The summed E-state index contributed by atoms with van der Waals surface area (Å²) in [5.41, 5.74) is -0.245. The van der Waals surface area contributed by atoms with E-state index in [0.717, 1.165) is 0 Å². The van der Waals surface area contributed by atoms with Crippen molar-refractivity contribution in [2.75, 3.05) is 24.1 Å². The third-order valence-corrected chi connectivity index (χ3v) is 8.45. The lowest BCUT2D eigenvalue weighted by molar-refractivity contribution is 0.109. The molecule has 1 fully saturated rings. The number of ether oxygens (including phenoxy) is 1. The Morgan fingerprint density at radius 1 is 0.977 bits per heavy atom. The van der Waals surface area contributed by atoms with Crippen molar-refractivity contribution in [3.05, 3.63) is 90.0 Å². The van der Waals surface area contributed by atoms with E-state index in [1.165, 1.54) is 30.6 Å². The Labute approximate surface area is 252 Å². The lowest BCUT2D eigenvalue weighted by Crippen LogP contribution is -2.44. The van der Waals surface area contributed by atoms with Gasteiger partial charge in [-0.25, -0.2) is 36.5 Å². The third-order valence-electron chi connectivity index (χ3n) is 7.23. The van der Waals surface area contributed by atoms with Crippen molar-refractivity contribution in [1.29, 1.82) is 0 Å². The average molecular weight is 631 g/mol. The van der Waals surface area contributed by atoms with Crippen molar-refractivity contribution in [3.63, 3.8) is 0 Å². The first-order valence-electron chi connectivity index (χ1n) is 13.8. The molecule has 0 spiro atoms. The number of sulfonamides is 1. The standard InChI is InChI=1S/C30H30F4N6O3S/c1-40(2)24-11-10-19(15-21(24)31)37-30-36-14-12-23(38-30)20-9-6-13-35-29(20)43-25-16-22(32)28(27(34)26(25)33)39-44(41,42)17-18-7-4-3-5-8-18/h3-9,12-14,16,19,21,24,39H,10-11,15,17H2,1-2H3,(H,36,37,38). The summed E-state index contributed by atoms with van der Waals surface area (Å²) in [5.74, 6) is -6.22. The second-order valence-corrected chi connectivity index (χ2v) is 12.4. The number of nitrogens with zero attached hydrogens (tertiary/aromatic N) is 4. The number of pyridine rings is 1. The molecule has 0 bridgehead atoms. The molecule has 5 rings (SSSR count). The Balaban J connectivity index is 1.35. The van der Waals surface area contributed by atoms with Gasteiger partial charge in [-0.3, -0.25) is 4.72 Å². The van der Waals surface area contributed by atoms with Gasteiger partial charge in [0.15, 0.2) is 17.4 Å². The van der Waals surface area contributed by atoms with Gasteiger partial charge in [-0.05, 0) is 50.7 Å². The number of anilines is 2. The zero-order valence-electron chi connectivity index (χ0n) is 23.8. The Morgan fingerprint density at radius 2 is 1.75 bits per heavy atom. The van der Waals surface area contributed by atoms with E-state index in [-0.39, 0.29) is 35.9 Å². The molecule has 14 heteroatoms. The van der Waals surface area contributed by atoms with Crippen LogP contribution >= 0.6 is 0 Å². The van der Waals surface area contributed by atoms with E-state index < -0.39 is 50.8 Å². The minimum atomic E-state index is -4.28. The fourth-order valence-corrected chi connectivity index (χ4v) is 6.27. The van der Waals surface area contributed by atoms with Crippen LogP contribution in [0.4, 0.5) is 29.2 Å². The molecule has 1 saturated carbocycles. The number of rotatable bonds is 10. The number of halogens is 4. The highest BCUT2D eigenvalue weighted by molar-refractivity contribution is 7.91. The molecule has 4 aromatic rings. The molecule has 9 nitrogen and oxygen atoms in total. The van der Waals surface area contributed by atoms with Crippen LogP contribution in [-0.4, -0.2) is 60.6 Å². The Hall–Kier alpha value is -4.30. The first-order chi connectivity index (χ1) is 21.0. The number of alkyl halides is 1. The molecule has 232 valence electrons. The number of hydrogen-bond acceptors (Lipinski definition) is 8. The van der Waals surface area contributed by atoms with E-state index in [1.807, 2.05) is 19.0 Å². The number of nitrogens with one attached hydrogen (secondary N) is 2. The predicted octanol–water partition coefficient (Wildman–Crippen LogP) is 5.92. The lowest BCUT2D eigenvalue weighted by Gasteiger charge is -2.35. The lowest BCUT2D eigenvalue weighted by atomic mass is 9.89. The fourth-order valence-electron chi connectivity index (χ4n) is 5.07. The van der Waals surface area contributed by atoms with E-state index in [9.17, 15) is 21.6 Å². The van der Waals surface area contributed by atoms with Crippen molar-refractivity contribution in [2.24, 2.45) is 0 Å². The SMILES string of the molecule is CN(C)C1CCC(Nc2nccc(-c3cccnc3Oc3cc(F)c(NS(=O)(=O)Cc4ccccc4)c(F)c3F)n2)CC1F. The van der Waals surface area contributed by atoms with Crippen LogP contribution < -0.4 is 14.8 Å². The maximum Gasteiger partial charge on any atom is 0.237 e. The minimum Gasteiger partial charge on any atom is -0.435 e. The quantitative estimate of drug-likeness (QED) is 0.164. The molecule has 2 N–H and O–H groups in total. The Morgan fingerprint density at radius 3 is 2.48 bits per heavy atom. The van der Waals surface area contributed by atoms with Crippen LogP contribution in [0.15, 0.2) is 67.0 Å². The van der Waals surface area contributed by atoms with Gasteiger partial charge < -0.3 is 15.0 Å². The number of hydrogen-bond donors (Lipinski definition) is 2. The number of benzene rings is 2. The predicted molar refractivity (Wildman–Crippen MR) is 158 cm³/mol. The highest BCUT2D eigenvalue weighted by Crippen LogP contribution is 2.36. The van der Waals surface area contributed by atoms with Gasteiger partial charge in [0.05, 0.1) is 17.0 Å². The maximum atomic E-state index is 15.1. The molecule has 0 radical (unpaired) electrons. The van der Waals surface area contributed by atoms with Crippen molar-refractivity contribution in [3.8, 4) is 22.9 Å². The second-order valence-electron chi connectivity index (χ2n) is 10.6. The molecule has 2 heterocycles. The zero-order chi connectivity index (χ0) is 31.4. The fraction of sp³-hybridized carbons (Fsp3) is 0.300. The van der Waals surface area contributed by atoms with Crippen LogP contribution in [0.25, 0.3) is 11.3 Å². The van der Waals surface area contributed by atoms with Crippen molar-refractivity contribution in [2.45, 2.75) is 43.3 Å². The van der Waals surface area contributed by atoms with Crippen LogP contribution in [0.2, 0.25) is 0 Å².